The number of likely N-dealkylation sites (tertiary alicyclic amines) is 2. The van der Waals surface area contributed by atoms with Crippen LogP contribution in [0.4, 0.5) is 0 Å². The van der Waals surface area contributed by atoms with Crippen molar-refractivity contribution in [2.24, 2.45) is 35.5 Å². The number of allylic oxidation sites excluding steroid dienone is 2. The summed E-state index contributed by atoms with van der Waals surface area (Å²) in [5.74, 6) is -3.48. The Kier molecular flexibility index (Phi) is 2.60. The fourth-order valence-corrected chi connectivity index (χ4v) is 5.04. The highest BCUT2D eigenvalue weighted by molar-refractivity contribution is 6.11. The second kappa shape index (κ2) is 4.10. The van der Waals surface area contributed by atoms with Gasteiger partial charge >= 0.3 is 0 Å². The van der Waals surface area contributed by atoms with E-state index in [9.17, 15) is 19.2 Å². The molecule has 6 heteroatoms. The lowest BCUT2D eigenvalue weighted by atomic mass is 9.54. The molecule has 1 saturated carbocycles. The van der Waals surface area contributed by atoms with Gasteiger partial charge in [0.1, 0.15) is 0 Å². The van der Waals surface area contributed by atoms with Crippen LogP contribution in [0.3, 0.4) is 0 Å². The van der Waals surface area contributed by atoms with Crippen LogP contribution in [-0.2, 0) is 19.2 Å². The SMILES string of the molecule is CN1C(=O)C2C3C=CC(C2C1=O)C1C(=O)N(C(C)(C)C)C(=O)C31. The number of hydrogen-bond donors (Lipinski definition) is 0. The Morgan fingerprint density at radius 1 is 0.739 bits per heavy atom. The first-order chi connectivity index (χ1) is 10.7. The van der Waals surface area contributed by atoms with Crippen molar-refractivity contribution >= 4 is 23.6 Å². The predicted molar refractivity (Wildman–Crippen MR) is 79.5 cm³/mol. The second-order valence-corrected chi connectivity index (χ2v) is 8.06. The molecule has 6 atom stereocenters. The molecule has 23 heavy (non-hydrogen) atoms. The van der Waals surface area contributed by atoms with Gasteiger partial charge in [-0.1, -0.05) is 12.2 Å². The predicted octanol–water partition coefficient (Wildman–Crippen LogP) is 0.433. The zero-order chi connectivity index (χ0) is 16.8. The van der Waals surface area contributed by atoms with Crippen LogP contribution in [0.2, 0.25) is 0 Å². The summed E-state index contributed by atoms with van der Waals surface area (Å²) in [6.07, 6.45) is 3.77. The molecule has 6 unspecified atom stereocenters. The minimum Gasteiger partial charge on any atom is -0.285 e. The first-order valence-corrected chi connectivity index (χ1v) is 8.04. The van der Waals surface area contributed by atoms with Crippen molar-refractivity contribution < 1.29 is 19.2 Å². The highest BCUT2D eigenvalue weighted by Gasteiger charge is 2.68. The lowest BCUT2D eigenvalue weighted by Gasteiger charge is -2.44. The number of nitrogens with zero attached hydrogens (tertiary/aromatic N) is 2. The van der Waals surface area contributed by atoms with E-state index in [1.54, 1.807) is 0 Å². The Morgan fingerprint density at radius 3 is 1.43 bits per heavy atom. The number of rotatable bonds is 0. The van der Waals surface area contributed by atoms with Crippen molar-refractivity contribution in [2.45, 2.75) is 26.3 Å². The highest BCUT2D eigenvalue weighted by atomic mass is 16.2. The smallest absolute Gasteiger partial charge is 0.234 e. The van der Waals surface area contributed by atoms with E-state index in [2.05, 4.69) is 0 Å². The van der Waals surface area contributed by atoms with Gasteiger partial charge in [0, 0.05) is 24.4 Å². The van der Waals surface area contributed by atoms with E-state index in [4.69, 9.17) is 0 Å². The lowest BCUT2D eigenvalue weighted by molar-refractivity contribution is -0.145. The highest BCUT2D eigenvalue weighted by Crippen LogP contribution is 2.58. The van der Waals surface area contributed by atoms with Gasteiger partial charge in [0.25, 0.3) is 0 Å². The number of hydrogen-bond acceptors (Lipinski definition) is 4. The molecule has 0 aromatic rings. The lowest BCUT2D eigenvalue weighted by Crippen LogP contribution is -2.50. The van der Waals surface area contributed by atoms with Gasteiger partial charge in [-0.25, -0.2) is 0 Å². The average Bonchev–Trinajstić information content (AvgIpc) is 2.89. The van der Waals surface area contributed by atoms with Gasteiger partial charge in [-0.15, -0.1) is 0 Å². The first-order valence-electron chi connectivity index (χ1n) is 8.04. The molecule has 4 amide bonds. The van der Waals surface area contributed by atoms with Gasteiger partial charge in [0.2, 0.25) is 23.6 Å². The van der Waals surface area contributed by atoms with E-state index >= 15 is 0 Å². The molecule has 3 fully saturated rings. The summed E-state index contributed by atoms with van der Waals surface area (Å²) in [5, 5.41) is 0. The zero-order valence-corrected chi connectivity index (χ0v) is 13.6. The number of carbonyl (C=O) groups excluding carboxylic acids is 4. The van der Waals surface area contributed by atoms with Gasteiger partial charge in [-0.05, 0) is 20.8 Å². The van der Waals surface area contributed by atoms with Crippen LogP contribution < -0.4 is 0 Å². The first kappa shape index (κ1) is 14.6. The van der Waals surface area contributed by atoms with Crippen molar-refractivity contribution in [3.8, 4) is 0 Å². The monoisotopic (exact) mass is 316 g/mol. The van der Waals surface area contributed by atoms with Crippen molar-refractivity contribution in [3.05, 3.63) is 12.2 Å². The summed E-state index contributed by atoms with van der Waals surface area (Å²) in [5.41, 5.74) is -0.592. The van der Waals surface area contributed by atoms with Gasteiger partial charge in [-0.3, -0.25) is 29.0 Å². The largest absolute Gasteiger partial charge is 0.285 e. The van der Waals surface area contributed by atoms with Crippen molar-refractivity contribution in [1.82, 2.24) is 9.80 Å². The van der Waals surface area contributed by atoms with Crippen LogP contribution in [0.1, 0.15) is 20.8 Å². The molecule has 122 valence electrons. The molecule has 6 nitrogen and oxygen atoms in total. The van der Waals surface area contributed by atoms with E-state index in [-0.39, 0.29) is 35.5 Å². The molecule has 2 saturated heterocycles. The maximum atomic E-state index is 12.9. The quantitative estimate of drug-likeness (QED) is 0.480. The summed E-state index contributed by atoms with van der Waals surface area (Å²) >= 11 is 0. The fraction of sp³-hybridized carbons (Fsp3) is 0.647. The third-order valence-corrected chi connectivity index (χ3v) is 5.90. The van der Waals surface area contributed by atoms with Gasteiger partial charge < -0.3 is 0 Å². The summed E-state index contributed by atoms with van der Waals surface area (Å²) in [6.45, 7) is 5.50. The van der Waals surface area contributed by atoms with Crippen LogP contribution in [0, 0.1) is 35.5 Å². The summed E-state index contributed by atoms with van der Waals surface area (Å²) in [7, 11) is 1.49. The fourth-order valence-electron chi connectivity index (χ4n) is 5.04. The van der Waals surface area contributed by atoms with Crippen LogP contribution in [0.15, 0.2) is 12.2 Å². The Balaban J connectivity index is 1.82. The minimum atomic E-state index is -0.592. The molecule has 0 N–H and O–H groups in total. The molecule has 5 aliphatic rings. The number of amides is 4. The Hall–Kier alpha value is -1.98. The topological polar surface area (TPSA) is 74.8 Å². The summed E-state index contributed by atoms with van der Waals surface area (Å²) < 4.78 is 0. The van der Waals surface area contributed by atoms with Crippen LogP contribution in [0.5, 0.6) is 0 Å². The maximum Gasteiger partial charge on any atom is 0.234 e. The number of carbonyl (C=O) groups is 4. The second-order valence-electron chi connectivity index (χ2n) is 8.06. The molecular weight excluding hydrogens is 296 g/mol. The van der Waals surface area contributed by atoms with E-state index in [0.717, 1.165) is 0 Å². The third kappa shape index (κ3) is 1.54. The van der Waals surface area contributed by atoms with Crippen LogP contribution >= 0.6 is 0 Å². The molecule has 0 spiro atoms. The minimum absolute atomic E-state index is 0.194. The Bertz CT molecular complexity index is 639. The molecule has 2 aliphatic heterocycles. The van der Waals surface area contributed by atoms with Gasteiger partial charge in [-0.2, -0.15) is 0 Å². The molecule has 0 radical (unpaired) electrons. The molecule has 3 aliphatic carbocycles. The van der Waals surface area contributed by atoms with Crippen LogP contribution in [0.25, 0.3) is 0 Å². The summed E-state index contributed by atoms with van der Waals surface area (Å²) in [6, 6.07) is 0. The average molecular weight is 316 g/mol. The summed E-state index contributed by atoms with van der Waals surface area (Å²) in [4.78, 5) is 53.2. The molecule has 5 rings (SSSR count). The third-order valence-electron chi connectivity index (χ3n) is 5.90. The Labute approximate surface area is 134 Å². The molecule has 0 aromatic heterocycles. The molecule has 0 aromatic carbocycles. The molecular formula is C17H20N2O4. The normalized spacial score (nSPS) is 41.9. The van der Waals surface area contributed by atoms with E-state index in [1.165, 1.54) is 16.8 Å². The van der Waals surface area contributed by atoms with Gasteiger partial charge in [0.15, 0.2) is 0 Å². The van der Waals surface area contributed by atoms with E-state index < -0.39 is 29.2 Å². The van der Waals surface area contributed by atoms with E-state index in [1.807, 2.05) is 32.9 Å². The zero-order valence-electron chi connectivity index (χ0n) is 13.6. The van der Waals surface area contributed by atoms with Gasteiger partial charge in [0.05, 0.1) is 23.7 Å². The van der Waals surface area contributed by atoms with E-state index in [0.29, 0.717) is 0 Å². The standard InChI is InChI=1S/C17H20N2O4/c1-17(2,3)19-15(22)11-7-5-6-8(12(11)16(19)23)10-9(7)13(20)18(4)14(10)21/h5-12H,1-4H3. The van der Waals surface area contributed by atoms with Crippen molar-refractivity contribution in [2.75, 3.05) is 7.05 Å². The van der Waals surface area contributed by atoms with Crippen molar-refractivity contribution in [3.63, 3.8) is 0 Å². The Morgan fingerprint density at radius 2 is 1.09 bits per heavy atom. The number of imide groups is 2. The molecule has 2 bridgehead atoms. The van der Waals surface area contributed by atoms with Crippen LogP contribution in [-0.4, -0.2) is 46.0 Å². The van der Waals surface area contributed by atoms with Crippen molar-refractivity contribution in [1.29, 1.82) is 0 Å². The maximum absolute atomic E-state index is 12.9. The molecule has 2 heterocycles.